The Hall–Kier alpha value is -2.80. The van der Waals surface area contributed by atoms with E-state index >= 15 is 0 Å². The van der Waals surface area contributed by atoms with Crippen LogP contribution in [-0.2, 0) is 6.42 Å². The van der Waals surface area contributed by atoms with Gasteiger partial charge in [0.1, 0.15) is 11.4 Å². The molecule has 30 heavy (non-hydrogen) atoms. The zero-order valence-corrected chi connectivity index (χ0v) is 17.9. The van der Waals surface area contributed by atoms with Crippen molar-refractivity contribution in [3.05, 3.63) is 47.7 Å². The first-order valence-corrected chi connectivity index (χ1v) is 10.7. The number of aryl methyl sites for hydroxylation is 2. The summed E-state index contributed by atoms with van der Waals surface area (Å²) in [5.41, 5.74) is 8.90. The van der Waals surface area contributed by atoms with E-state index in [1.54, 1.807) is 17.1 Å². The lowest BCUT2D eigenvalue weighted by molar-refractivity contribution is 0.0995. The first-order valence-electron chi connectivity index (χ1n) is 10.7. The predicted molar refractivity (Wildman–Crippen MR) is 118 cm³/mol. The maximum absolute atomic E-state index is 11.3. The molecule has 2 heterocycles. The van der Waals surface area contributed by atoms with Crippen LogP contribution >= 0.6 is 0 Å². The molecule has 7 nitrogen and oxygen atoms in total. The lowest BCUT2D eigenvalue weighted by atomic mass is 10.0. The van der Waals surface area contributed by atoms with Crippen LogP contribution in [0.3, 0.4) is 0 Å². The molecule has 1 aromatic carbocycles. The summed E-state index contributed by atoms with van der Waals surface area (Å²) in [4.78, 5) is 18.7. The molecule has 7 heteroatoms. The molecule has 0 saturated heterocycles. The number of carbonyl (C=O) groups excluding carboxylic acids is 1. The van der Waals surface area contributed by atoms with Gasteiger partial charge in [-0.05, 0) is 49.9 Å². The van der Waals surface area contributed by atoms with Crippen molar-refractivity contribution in [2.45, 2.75) is 58.4 Å². The van der Waals surface area contributed by atoms with Crippen molar-refractivity contribution in [2.24, 2.45) is 5.73 Å². The first kappa shape index (κ1) is 21.9. The Morgan fingerprint density at radius 3 is 2.87 bits per heavy atom. The minimum Gasteiger partial charge on any atom is -0.494 e. The number of carbonyl (C=O) groups is 1. The number of benzene rings is 1. The number of H-pyrrole nitrogens is 1. The Bertz CT molecular complexity index is 976. The van der Waals surface area contributed by atoms with Gasteiger partial charge in [-0.2, -0.15) is 0 Å². The lowest BCUT2D eigenvalue weighted by Crippen LogP contribution is -2.14. The number of nitrogens with two attached hydrogens (primary N) is 1. The topological polar surface area (TPSA) is 106 Å². The minimum atomic E-state index is -0.569. The summed E-state index contributed by atoms with van der Waals surface area (Å²) in [7, 11) is 0. The smallest absolute Gasteiger partial charge is 0.268 e. The molecule has 1 atom stereocenters. The molecule has 0 aliphatic carbocycles. The zero-order chi connectivity index (χ0) is 21.5. The molecular formula is C23H32N4O3. The van der Waals surface area contributed by atoms with E-state index in [-0.39, 0.29) is 18.3 Å². The lowest BCUT2D eigenvalue weighted by Gasteiger charge is -2.15. The van der Waals surface area contributed by atoms with Crippen molar-refractivity contribution < 1.29 is 14.6 Å². The van der Waals surface area contributed by atoms with Gasteiger partial charge in [0.25, 0.3) is 5.91 Å². The monoisotopic (exact) mass is 412 g/mol. The van der Waals surface area contributed by atoms with Gasteiger partial charge in [-0.25, -0.2) is 4.98 Å². The van der Waals surface area contributed by atoms with E-state index in [0.717, 1.165) is 41.8 Å². The van der Waals surface area contributed by atoms with E-state index in [2.05, 4.69) is 35.9 Å². The third-order valence-electron chi connectivity index (χ3n) is 5.57. The fraction of sp³-hybridized carbons (Fsp3) is 0.478. The summed E-state index contributed by atoms with van der Waals surface area (Å²) < 4.78 is 7.72. The van der Waals surface area contributed by atoms with E-state index in [4.69, 9.17) is 10.5 Å². The van der Waals surface area contributed by atoms with Crippen LogP contribution in [0.2, 0.25) is 0 Å². The second-order valence-corrected chi connectivity index (χ2v) is 7.79. The zero-order valence-electron chi connectivity index (χ0n) is 17.9. The Morgan fingerprint density at radius 1 is 1.33 bits per heavy atom. The highest BCUT2D eigenvalue weighted by Gasteiger charge is 2.16. The van der Waals surface area contributed by atoms with Crippen LogP contribution in [0.4, 0.5) is 0 Å². The summed E-state index contributed by atoms with van der Waals surface area (Å²) >= 11 is 0. The van der Waals surface area contributed by atoms with Gasteiger partial charge in [-0.15, -0.1) is 0 Å². The second kappa shape index (κ2) is 10.3. The normalized spacial score (nSPS) is 12.4. The highest BCUT2D eigenvalue weighted by atomic mass is 16.5. The van der Waals surface area contributed by atoms with Crippen LogP contribution in [0.25, 0.3) is 10.9 Å². The maximum atomic E-state index is 11.3. The molecule has 0 fully saturated rings. The number of nitrogens with zero attached hydrogens (tertiary/aromatic N) is 2. The number of aromatic amines is 1. The fourth-order valence-corrected chi connectivity index (χ4v) is 3.80. The van der Waals surface area contributed by atoms with Gasteiger partial charge in [0.05, 0.1) is 25.6 Å². The first-order chi connectivity index (χ1) is 14.5. The molecule has 162 valence electrons. The SMILES string of the molecule is CCCCCCOc1ccc2[nH]c(C)c(CC[C@H](CO)n3cnc(C(N)=O)c3)c2c1. The van der Waals surface area contributed by atoms with Crippen molar-refractivity contribution in [1.82, 2.24) is 14.5 Å². The van der Waals surface area contributed by atoms with E-state index < -0.39 is 5.91 Å². The number of primary amides is 1. The quantitative estimate of drug-likeness (QED) is 0.392. The van der Waals surface area contributed by atoms with Crippen molar-refractivity contribution in [3.8, 4) is 5.75 Å². The number of ether oxygens (including phenoxy) is 1. The number of aliphatic hydroxyl groups excluding tert-OH is 1. The van der Waals surface area contributed by atoms with Crippen LogP contribution in [0.1, 0.15) is 66.8 Å². The second-order valence-electron chi connectivity index (χ2n) is 7.79. The van der Waals surface area contributed by atoms with Crippen LogP contribution in [0, 0.1) is 6.92 Å². The maximum Gasteiger partial charge on any atom is 0.268 e. The molecule has 0 aliphatic rings. The fourth-order valence-electron chi connectivity index (χ4n) is 3.80. The van der Waals surface area contributed by atoms with Gasteiger partial charge < -0.3 is 25.1 Å². The number of aliphatic hydroxyl groups is 1. The van der Waals surface area contributed by atoms with Gasteiger partial charge in [-0.1, -0.05) is 26.2 Å². The van der Waals surface area contributed by atoms with Crippen LogP contribution in [0.15, 0.2) is 30.7 Å². The van der Waals surface area contributed by atoms with E-state index in [9.17, 15) is 9.90 Å². The summed E-state index contributed by atoms with van der Waals surface area (Å²) in [5, 5.41) is 11.0. The molecule has 2 aromatic heterocycles. The number of aromatic nitrogens is 3. The number of amides is 1. The summed E-state index contributed by atoms with van der Waals surface area (Å²) in [6.07, 6.45) is 9.36. The Morgan fingerprint density at radius 2 is 2.17 bits per heavy atom. The molecule has 0 saturated carbocycles. The Balaban J connectivity index is 1.70. The Kier molecular flexibility index (Phi) is 7.52. The van der Waals surface area contributed by atoms with Gasteiger partial charge in [0.2, 0.25) is 0 Å². The molecule has 0 bridgehead atoms. The predicted octanol–water partition coefficient (Wildman–Crippen LogP) is 3.90. The molecule has 1 amide bonds. The van der Waals surface area contributed by atoms with Gasteiger partial charge in [-0.3, -0.25) is 4.79 Å². The number of fused-ring (bicyclic) bond motifs is 1. The standard InChI is InChI=1S/C23H32N4O3/c1-3-4-5-6-11-30-18-8-10-21-20(12-18)19(16(2)26-21)9-7-17(14-28)27-13-22(23(24)29)25-15-27/h8,10,12-13,15,17,26,28H,3-7,9,11,14H2,1-2H3,(H2,24,29)/t17-/m1/s1. The number of hydrogen-bond acceptors (Lipinski definition) is 4. The summed E-state index contributed by atoms with van der Waals surface area (Å²) in [6, 6.07) is 6.00. The van der Waals surface area contributed by atoms with E-state index in [1.807, 2.05) is 6.07 Å². The average molecular weight is 413 g/mol. The molecule has 3 rings (SSSR count). The highest BCUT2D eigenvalue weighted by Crippen LogP contribution is 2.29. The third-order valence-corrected chi connectivity index (χ3v) is 5.57. The number of nitrogens with one attached hydrogen (secondary N) is 1. The van der Waals surface area contributed by atoms with Crippen LogP contribution < -0.4 is 10.5 Å². The molecule has 3 aromatic rings. The number of rotatable bonds is 12. The van der Waals surface area contributed by atoms with Crippen molar-refractivity contribution in [2.75, 3.05) is 13.2 Å². The van der Waals surface area contributed by atoms with E-state index in [0.29, 0.717) is 6.42 Å². The largest absolute Gasteiger partial charge is 0.494 e. The average Bonchev–Trinajstić information content (AvgIpc) is 3.33. The van der Waals surface area contributed by atoms with Crippen LogP contribution in [-0.4, -0.2) is 38.8 Å². The minimum absolute atomic E-state index is 0.0396. The van der Waals surface area contributed by atoms with E-state index in [1.165, 1.54) is 24.8 Å². The van der Waals surface area contributed by atoms with Gasteiger partial charge in [0.15, 0.2) is 0 Å². The molecule has 0 radical (unpaired) electrons. The highest BCUT2D eigenvalue weighted by molar-refractivity contribution is 5.90. The third kappa shape index (κ3) is 5.21. The summed E-state index contributed by atoms with van der Waals surface area (Å²) in [5.74, 6) is 0.318. The van der Waals surface area contributed by atoms with Gasteiger partial charge >= 0.3 is 0 Å². The molecular weight excluding hydrogens is 380 g/mol. The van der Waals surface area contributed by atoms with Crippen molar-refractivity contribution >= 4 is 16.8 Å². The number of hydrogen-bond donors (Lipinski definition) is 3. The summed E-state index contributed by atoms with van der Waals surface area (Å²) in [6.45, 7) is 4.97. The molecule has 4 N–H and O–H groups in total. The number of imidazole rings is 1. The van der Waals surface area contributed by atoms with Gasteiger partial charge in [0, 0.05) is 22.8 Å². The molecule has 0 unspecified atom stereocenters. The van der Waals surface area contributed by atoms with Crippen molar-refractivity contribution in [3.63, 3.8) is 0 Å². The van der Waals surface area contributed by atoms with Crippen molar-refractivity contribution in [1.29, 1.82) is 0 Å². The Labute approximate surface area is 177 Å². The molecule has 0 aliphatic heterocycles. The van der Waals surface area contributed by atoms with Crippen LogP contribution in [0.5, 0.6) is 5.75 Å². The number of unbranched alkanes of at least 4 members (excludes halogenated alkanes) is 3. The molecule has 0 spiro atoms.